The molecular formula is C15H23NO2S. The van der Waals surface area contributed by atoms with Crippen LogP contribution in [0.4, 0.5) is 0 Å². The minimum atomic E-state index is -2.84. The molecule has 2 atom stereocenters. The first-order valence-corrected chi connectivity index (χ1v) is 8.85. The van der Waals surface area contributed by atoms with Gasteiger partial charge in [0.05, 0.1) is 11.5 Å². The van der Waals surface area contributed by atoms with E-state index in [1.54, 1.807) is 0 Å². The molecule has 1 N–H and O–H groups in total. The van der Waals surface area contributed by atoms with E-state index in [0.717, 1.165) is 19.3 Å². The molecule has 0 amide bonds. The zero-order valence-electron chi connectivity index (χ0n) is 11.7. The minimum Gasteiger partial charge on any atom is -0.306 e. The maximum absolute atomic E-state index is 11.7. The summed E-state index contributed by atoms with van der Waals surface area (Å²) in [4.78, 5) is 0. The van der Waals surface area contributed by atoms with Crippen LogP contribution in [0.15, 0.2) is 24.3 Å². The molecule has 2 rings (SSSR count). The van der Waals surface area contributed by atoms with Crippen molar-refractivity contribution in [2.75, 3.05) is 11.5 Å². The highest BCUT2D eigenvalue weighted by atomic mass is 32.2. The first-order valence-electron chi connectivity index (χ1n) is 7.03. The number of sulfone groups is 1. The number of hydrogen-bond donors (Lipinski definition) is 1. The lowest BCUT2D eigenvalue weighted by molar-refractivity contribution is 0.413. The van der Waals surface area contributed by atoms with Crippen molar-refractivity contribution >= 4 is 9.84 Å². The van der Waals surface area contributed by atoms with E-state index in [9.17, 15) is 8.42 Å². The van der Waals surface area contributed by atoms with Crippen molar-refractivity contribution in [2.45, 2.75) is 45.2 Å². The first kappa shape index (κ1) is 14.5. The maximum Gasteiger partial charge on any atom is 0.151 e. The van der Waals surface area contributed by atoms with Gasteiger partial charge in [0.1, 0.15) is 0 Å². The van der Waals surface area contributed by atoms with Gasteiger partial charge in [-0.05, 0) is 31.7 Å². The second-order valence-electron chi connectivity index (χ2n) is 5.49. The second-order valence-corrected chi connectivity index (χ2v) is 7.72. The number of hydrogen-bond acceptors (Lipinski definition) is 3. The Morgan fingerprint density at radius 2 is 2.00 bits per heavy atom. The molecule has 1 aliphatic rings. The molecule has 1 heterocycles. The fourth-order valence-electron chi connectivity index (χ4n) is 2.69. The average Bonchev–Trinajstić information content (AvgIpc) is 2.36. The van der Waals surface area contributed by atoms with Gasteiger partial charge < -0.3 is 5.32 Å². The van der Waals surface area contributed by atoms with Gasteiger partial charge in [-0.15, -0.1) is 0 Å². The van der Waals surface area contributed by atoms with Crippen molar-refractivity contribution in [3.63, 3.8) is 0 Å². The Morgan fingerprint density at radius 1 is 1.32 bits per heavy atom. The van der Waals surface area contributed by atoms with Gasteiger partial charge in [0, 0.05) is 12.1 Å². The van der Waals surface area contributed by atoms with Gasteiger partial charge in [-0.25, -0.2) is 8.42 Å². The third-order valence-electron chi connectivity index (χ3n) is 3.79. The van der Waals surface area contributed by atoms with E-state index in [1.807, 2.05) is 0 Å². The van der Waals surface area contributed by atoms with E-state index in [-0.39, 0.29) is 17.8 Å². The van der Waals surface area contributed by atoms with E-state index in [4.69, 9.17) is 0 Å². The fraction of sp³-hybridized carbons (Fsp3) is 0.600. The van der Waals surface area contributed by atoms with Crippen molar-refractivity contribution in [1.29, 1.82) is 0 Å². The minimum absolute atomic E-state index is 0.102. The molecule has 2 unspecified atom stereocenters. The lowest BCUT2D eigenvalue weighted by Gasteiger charge is -2.28. The quantitative estimate of drug-likeness (QED) is 0.923. The van der Waals surface area contributed by atoms with Crippen molar-refractivity contribution < 1.29 is 8.42 Å². The second kappa shape index (κ2) is 6.06. The Labute approximate surface area is 116 Å². The predicted molar refractivity (Wildman–Crippen MR) is 79.0 cm³/mol. The summed E-state index contributed by atoms with van der Waals surface area (Å²) in [5, 5.41) is 3.52. The number of nitrogens with one attached hydrogen (secondary N) is 1. The molecule has 19 heavy (non-hydrogen) atoms. The van der Waals surface area contributed by atoms with E-state index < -0.39 is 9.84 Å². The molecule has 1 saturated heterocycles. The van der Waals surface area contributed by atoms with Gasteiger partial charge in [0.15, 0.2) is 9.84 Å². The zero-order valence-corrected chi connectivity index (χ0v) is 12.5. The van der Waals surface area contributed by atoms with Crippen LogP contribution in [0, 0.1) is 6.92 Å². The van der Waals surface area contributed by atoms with Crippen LogP contribution in [0.1, 0.15) is 43.4 Å². The van der Waals surface area contributed by atoms with E-state index >= 15 is 0 Å². The number of benzene rings is 1. The normalized spacial score (nSPS) is 24.0. The van der Waals surface area contributed by atoms with Crippen molar-refractivity contribution in [1.82, 2.24) is 5.32 Å². The molecule has 0 saturated carbocycles. The number of aryl methyl sites for hydroxylation is 1. The molecule has 3 nitrogen and oxygen atoms in total. The molecule has 0 aromatic heterocycles. The summed E-state index contributed by atoms with van der Waals surface area (Å²) in [5.74, 6) is 0.641. The topological polar surface area (TPSA) is 46.2 Å². The monoisotopic (exact) mass is 281 g/mol. The van der Waals surface area contributed by atoms with Gasteiger partial charge in [-0.1, -0.05) is 36.8 Å². The fourth-order valence-corrected chi connectivity index (χ4v) is 4.34. The summed E-state index contributed by atoms with van der Waals surface area (Å²) >= 11 is 0. The molecule has 0 spiro atoms. The van der Waals surface area contributed by atoms with Crippen molar-refractivity contribution in [3.8, 4) is 0 Å². The summed E-state index contributed by atoms with van der Waals surface area (Å²) in [5.41, 5.74) is 2.50. The summed E-state index contributed by atoms with van der Waals surface area (Å²) in [6, 6.07) is 8.83. The predicted octanol–water partition coefficient (Wildman–Crippen LogP) is 2.61. The third-order valence-corrected chi connectivity index (χ3v) is 5.61. The van der Waals surface area contributed by atoms with Crippen LogP contribution in [0.3, 0.4) is 0 Å². The van der Waals surface area contributed by atoms with Gasteiger partial charge in [-0.2, -0.15) is 0 Å². The summed E-state index contributed by atoms with van der Waals surface area (Å²) in [6.07, 6.45) is 2.71. The smallest absolute Gasteiger partial charge is 0.151 e. The van der Waals surface area contributed by atoms with Crippen molar-refractivity contribution in [2.24, 2.45) is 0 Å². The van der Waals surface area contributed by atoms with Crippen LogP contribution >= 0.6 is 0 Å². The molecule has 0 aliphatic carbocycles. The largest absolute Gasteiger partial charge is 0.306 e. The standard InChI is InChI=1S/C15H23NO2S/c1-3-15(13-8-6-12(2)7-9-13)16-14-5-4-10-19(17,18)11-14/h6-9,14-16H,3-5,10-11H2,1-2H3. The SMILES string of the molecule is CCC(NC1CCCS(=O)(=O)C1)c1ccc(C)cc1. The van der Waals surface area contributed by atoms with E-state index in [0.29, 0.717) is 5.75 Å². The summed E-state index contributed by atoms with van der Waals surface area (Å²) in [7, 11) is -2.84. The van der Waals surface area contributed by atoms with Crippen LogP contribution in [-0.4, -0.2) is 26.0 Å². The molecule has 0 bridgehead atoms. The Morgan fingerprint density at radius 3 is 2.58 bits per heavy atom. The average molecular weight is 281 g/mol. The molecule has 0 radical (unpaired) electrons. The van der Waals surface area contributed by atoms with Gasteiger partial charge in [0.2, 0.25) is 0 Å². The lowest BCUT2D eigenvalue weighted by Crippen LogP contribution is -2.41. The zero-order chi connectivity index (χ0) is 13.9. The van der Waals surface area contributed by atoms with Crippen LogP contribution in [0.5, 0.6) is 0 Å². The van der Waals surface area contributed by atoms with Crippen LogP contribution in [0.2, 0.25) is 0 Å². The first-order chi connectivity index (χ1) is 9.00. The highest BCUT2D eigenvalue weighted by Crippen LogP contribution is 2.21. The molecule has 1 aromatic rings. The Kier molecular flexibility index (Phi) is 4.63. The summed E-state index contributed by atoms with van der Waals surface area (Å²) < 4.78 is 23.3. The Hall–Kier alpha value is -0.870. The molecule has 1 aromatic carbocycles. The Bertz CT molecular complexity index is 507. The van der Waals surface area contributed by atoms with Crippen molar-refractivity contribution in [3.05, 3.63) is 35.4 Å². The van der Waals surface area contributed by atoms with Crippen LogP contribution < -0.4 is 5.32 Å². The van der Waals surface area contributed by atoms with Crippen LogP contribution in [-0.2, 0) is 9.84 Å². The third kappa shape index (κ3) is 4.05. The molecule has 1 fully saturated rings. The van der Waals surface area contributed by atoms with Gasteiger partial charge >= 0.3 is 0 Å². The maximum atomic E-state index is 11.7. The molecule has 106 valence electrons. The van der Waals surface area contributed by atoms with E-state index in [2.05, 4.69) is 43.4 Å². The van der Waals surface area contributed by atoms with E-state index in [1.165, 1.54) is 11.1 Å². The highest BCUT2D eigenvalue weighted by Gasteiger charge is 2.26. The molecule has 4 heteroatoms. The van der Waals surface area contributed by atoms with Gasteiger partial charge in [0.25, 0.3) is 0 Å². The molecular weight excluding hydrogens is 258 g/mol. The Balaban J connectivity index is 2.05. The molecule has 1 aliphatic heterocycles. The van der Waals surface area contributed by atoms with Gasteiger partial charge in [-0.3, -0.25) is 0 Å². The highest BCUT2D eigenvalue weighted by molar-refractivity contribution is 7.91. The summed E-state index contributed by atoms with van der Waals surface area (Å²) in [6.45, 7) is 4.21. The van der Waals surface area contributed by atoms with Crippen LogP contribution in [0.25, 0.3) is 0 Å². The number of rotatable bonds is 4. The lowest BCUT2D eigenvalue weighted by atomic mass is 10.0.